The first-order valence-electron chi connectivity index (χ1n) is 18.8. The first kappa shape index (κ1) is 37.1. The molecule has 2 saturated carbocycles. The SMILES string of the molecule is CC1CCC(C(C)C)C(OC(=O)Oc2ccc3ccc(C=O)cc3c2-c2c(OC(=O)OC3CC(C)CCC3C(C)C)ccc3ccc(C=O)cc23)C1. The number of fused-ring (bicyclic) bond motifs is 2. The minimum atomic E-state index is -0.835. The fourth-order valence-corrected chi connectivity index (χ4v) is 8.44. The van der Waals surface area contributed by atoms with E-state index in [0.29, 0.717) is 56.7 Å². The van der Waals surface area contributed by atoms with Gasteiger partial charge in [-0.05, 0) is 107 Å². The van der Waals surface area contributed by atoms with E-state index in [0.717, 1.165) is 61.9 Å². The Balaban J connectivity index is 1.47. The van der Waals surface area contributed by atoms with E-state index in [1.807, 2.05) is 24.3 Å². The molecule has 0 heterocycles. The molecule has 6 rings (SSSR count). The number of carbonyl (C=O) groups excluding carboxylic acids is 4. The molecule has 274 valence electrons. The Morgan fingerprint density at radius 3 is 1.35 bits per heavy atom. The molecule has 8 heteroatoms. The molecule has 4 aromatic carbocycles. The Morgan fingerprint density at radius 1 is 0.596 bits per heavy atom. The maximum Gasteiger partial charge on any atom is 0.514 e. The van der Waals surface area contributed by atoms with Gasteiger partial charge in [-0.25, -0.2) is 9.59 Å². The second-order valence-corrected chi connectivity index (χ2v) is 15.7. The standard InChI is InChI=1S/C44H50O8/c1-25(2)33-15-7-27(5)19-39(33)51-43(47)49-37-17-13-31-11-9-29(23-45)21-35(31)41(37)42-36-22-30(24-46)10-12-32(36)14-18-38(42)50-44(48)52-40-20-28(6)8-16-34(40)26(3)4/h9-14,17-18,21-28,33-34,39-40H,7-8,15-16,19-20H2,1-6H3. The first-order valence-corrected chi connectivity index (χ1v) is 18.8. The lowest BCUT2D eigenvalue weighted by molar-refractivity contribution is -0.0145. The fraction of sp³-hybridized carbons (Fsp3) is 0.455. The topological polar surface area (TPSA) is 105 Å². The van der Waals surface area contributed by atoms with Crippen molar-refractivity contribution in [2.45, 2.75) is 92.3 Å². The van der Waals surface area contributed by atoms with Crippen molar-refractivity contribution in [2.75, 3.05) is 0 Å². The molecular formula is C44H50O8. The molecule has 0 amide bonds. The molecule has 6 unspecified atom stereocenters. The third-order valence-corrected chi connectivity index (χ3v) is 11.3. The van der Waals surface area contributed by atoms with Crippen molar-refractivity contribution in [1.82, 2.24) is 0 Å². The summed E-state index contributed by atoms with van der Waals surface area (Å²) in [5, 5.41) is 2.69. The fourth-order valence-electron chi connectivity index (χ4n) is 8.44. The maximum absolute atomic E-state index is 13.7. The maximum atomic E-state index is 13.7. The molecule has 2 fully saturated rings. The van der Waals surface area contributed by atoms with Crippen molar-refractivity contribution in [3.05, 3.63) is 71.8 Å². The highest BCUT2D eigenvalue weighted by molar-refractivity contribution is 6.11. The van der Waals surface area contributed by atoms with E-state index < -0.39 is 12.3 Å². The summed E-state index contributed by atoms with van der Waals surface area (Å²) in [7, 11) is 0. The molecule has 0 bridgehead atoms. The Kier molecular flexibility index (Phi) is 11.3. The van der Waals surface area contributed by atoms with Crippen molar-refractivity contribution < 1.29 is 38.1 Å². The van der Waals surface area contributed by atoms with Crippen LogP contribution < -0.4 is 9.47 Å². The van der Waals surface area contributed by atoms with Crippen LogP contribution in [0.4, 0.5) is 9.59 Å². The van der Waals surface area contributed by atoms with Crippen LogP contribution in [0.5, 0.6) is 11.5 Å². The number of ether oxygens (including phenoxy) is 4. The van der Waals surface area contributed by atoms with E-state index >= 15 is 0 Å². The summed E-state index contributed by atoms with van der Waals surface area (Å²) >= 11 is 0. The Bertz CT molecular complexity index is 1820. The third kappa shape index (κ3) is 8.01. The van der Waals surface area contributed by atoms with Gasteiger partial charge in [0, 0.05) is 22.3 Å². The lowest BCUT2D eigenvalue weighted by atomic mass is 9.75. The van der Waals surface area contributed by atoms with Gasteiger partial charge in [0.15, 0.2) is 0 Å². The molecule has 0 spiro atoms. The highest BCUT2D eigenvalue weighted by Crippen LogP contribution is 2.47. The summed E-state index contributed by atoms with van der Waals surface area (Å²) in [6.07, 6.45) is 4.85. The molecule has 6 atom stereocenters. The van der Waals surface area contributed by atoms with E-state index in [2.05, 4.69) is 41.5 Å². The van der Waals surface area contributed by atoms with Crippen LogP contribution in [-0.4, -0.2) is 37.1 Å². The van der Waals surface area contributed by atoms with E-state index in [4.69, 9.17) is 18.9 Å². The minimum absolute atomic E-state index is 0.161. The van der Waals surface area contributed by atoms with Gasteiger partial charge in [-0.15, -0.1) is 0 Å². The zero-order valence-electron chi connectivity index (χ0n) is 31.1. The Hall–Kier alpha value is -4.72. The molecule has 0 saturated heterocycles. The summed E-state index contributed by atoms with van der Waals surface area (Å²) in [6.45, 7) is 12.9. The van der Waals surface area contributed by atoms with Gasteiger partial charge in [0.05, 0.1) is 0 Å². The van der Waals surface area contributed by atoms with E-state index in [9.17, 15) is 19.2 Å². The Morgan fingerprint density at radius 2 is 0.981 bits per heavy atom. The highest BCUT2D eigenvalue weighted by atomic mass is 16.7. The largest absolute Gasteiger partial charge is 0.514 e. The smallest absolute Gasteiger partial charge is 0.430 e. The number of aldehydes is 2. The summed E-state index contributed by atoms with van der Waals surface area (Å²) in [5.41, 5.74) is 1.65. The van der Waals surface area contributed by atoms with Crippen molar-refractivity contribution >= 4 is 46.4 Å². The number of hydrogen-bond donors (Lipinski definition) is 0. The lowest BCUT2D eigenvalue weighted by Gasteiger charge is -2.36. The van der Waals surface area contributed by atoms with Gasteiger partial charge in [-0.2, -0.15) is 0 Å². The molecule has 0 aliphatic heterocycles. The molecule has 0 N–H and O–H groups in total. The number of hydrogen-bond acceptors (Lipinski definition) is 8. The quantitative estimate of drug-likeness (QED) is 0.0962. The predicted molar refractivity (Wildman–Crippen MR) is 202 cm³/mol. The summed E-state index contributed by atoms with van der Waals surface area (Å²) in [4.78, 5) is 51.5. The van der Waals surface area contributed by atoms with Crippen LogP contribution >= 0.6 is 0 Å². The predicted octanol–water partition coefficient (Wildman–Crippen LogP) is 11.2. The van der Waals surface area contributed by atoms with Crippen molar-refractivity contribution in [2.24, 2.45) is 35.5 Å². The van der Waals surface area contributed by atoms with E-state index in [1.54, 1.807) is 36.4 Å². The average molecular weight is 707 g/mol. The van der Waals surface area contributed by atoms with Gasteiger partial charge in [0.25, 0.3) is 0 Å². The van der Waals surface area contributed by atoms with Gasteiger partial charge in [0.2, 0.25) is 0 Å². The monoisotopic (exact) mass is 706 g/mol. The van der Waals surface area contributed by atoms with Crippen molar-refractivity contribution in [3.63, 3.8) is 0 Å². The molecule has 2 aliphatic rings. The molecule has 4 aromatic rings. The molecular weight excluding hydrogens is 656 g/mol. The van der Waals surface area contributed by atoms with Gasteiger partial charge >= 0.3 is 12.3 Å². The van der Waals surface area contributed by atoms with Gasteiger partial charge < -0.3 is 18.9 Å². The van der Waals surface area contributed by atoms with Crippen LogP contribution in [0.1, 0.15) is 101 Å². The van der Waals surface area contributed by atoms with Crippen LogP contribution in [-0.2, 0) is 9.47 Å². The van der Waals surface area contributed by atoms with E-state index in [1.165, 1.54) is 0 Å². The van der Waals surface area contributed by atoms with Crippen LogP contribution in [0.15, 0.2) is 60.7 Å². The van der Waals surface area contributed by atoms with Crippen LogP contribution in [0.25, 0.3) is 32.7 Å². The number of benzene rings is 4. The van der Waals surface area contributed by atoms with Crippen LogP contribution in [0, 0.1) is 35.5 Å². The van der Waals surface area contributed by atoms with Gasteiger partial charge in [0.1, 0.15) is 36.3 Å². The third-order valence-electron chi connectivity index (χ3n) is 11.3. The highest BCUT2D eigenvalue weighted by Gasteiger charge is 2.36. The number of rotatable bonds is 9. The average Bonchev–Trinajstić information content (AvgIpc) is 3.11. The zero-order valence-corrected chi connectivity index (χ0v) is 31.1. The Labute approximate surface area is 306 Å². The second-order valence-electron chi connectivity index (χ2n) is 15.7. The molecule has 52 heavy (non-hydrogen) atoms. The number of carbonyl (C=O) groups is 4. The summed E-state index contributed by atoms with van der Waals surface area (Å²) < 4.78 is 24.3. The zero-order chi connectivity index (χ0) is 37.1. The molecule has 0 aromatic heterocycles. The van der Waals surface area contributed by atoms with Gasteiger partial charge in [-0.1, -0.05) is 90.8 Å². The minimum Gasteiger partial charge on any atom is -0.430 e. The molecule has 2 aliphatic carbocycles. The van der Waals surface area contributed by atoms with Gasteiger partial charge in [-0.3, -0.25) is 9.59 Å². The van der Waals surface area contributed by atoms with Crippen molar-refractivity contribution in [1.29, 1.82) is 0 Å². The van der Waals surface area contributed by atoms with Crippen LogP contribution in [0.3, 0.4) is 0 Å². The summed E-state index contributed by atoms with van der Waals surface area (Å²) in [5.74, 6) is 2.24. The second kappa shape index (κ2) is 15.9. The van der Waals surface area contributed by atoms with Crippen LogP contribution in [0.2, 0.25) is 0 Å². The van der Waals surface area contributed by atoms with Crippen molar-refractivity contribution in [3.8, 4) is 22.6 Å². The first-order chi connectivity index (χ1) is 24.9. The molecule has 0 radical (unpaired) electrons. The molecule has 8 nitrogen and oxygen atoms in total. The lowest BCUT2D eigenvalue weighted by Crippen LogP contribution is -2.36. The summed E-state index contributed by atoms with van der Waals surface area (Å²) in [6, 6.07) is 17.5. The van der Waals surface area contributed by atoms with E-state index in [-0.39, 0.29) is 35.5 Å². The normalized spacial score (nSPS) is 23.4.